The smallest absolute Gasteiger partial charge is 0.268 e. The molecule has 21 heavy (non-hydrogen) atoms. The fourth-order valence-corrected chi connectivity index (χ4v) is 3.42. The molecule has 1 aromatic rings. The Balaban J connectivity index is 1.48. The third-order valence-corrected chi connectivity index (χ3v) is 5.01. The third kappa shape index (κ3) is 3.89. The minimum absolute atomic E-state index is 0.0537. The molecule has 2 aliphatic rings. The van der Waals surface area contributed by atoms with Gasteiger partial charge in [-0.15, -0.1) is 0 Å². The molecule has 2 heterocycles. The van der Waals surface area contributed by atoms with Gasteiger partial charge in [0.15, 0.2) is 0 Å². The SMILES string of the molecule is CC1CCN(CCNC(=O)c2cc(Br)cn2C2CC2)CC1. The first-order valence-corrected chi connectivity index (χ1v) is 8.80. The van der Waals surface area contributed by atoms with Crippen LogP contribution in [0.5, 0.6) is 0 Å². The van der Waals surface area contributed by atoms with Crippen LogP contribution in [0.1, 0.15) is 49.1 Å². The van der Waals surface area contributed by atoms with Crippen molar-refractivity contribution in [3.05, 3.63) is 22.4 Å². The zero-order valence-electron chi connectivity index (χ0n) is 12.6. The highest BCUT2D eigenvalue weighted by molar-refractivity contribution is 9.10. The van der Waals surface area contributed by atoms with Gasteiger partial charge in [-0.3, -0.25) is 4.79 Å². The number of likely N-dealkylation sites (tertiary alicyclic amines) is 1. The molecule has 0 bridgehead atoms. The molecule has 2 fully saturated rings. The molecule has 1 N–H and O–H groups in total. The van der Waals surface area contributed by atoms with Crippen molar-refractivity contribution in [2.75, 3.05) is 26.2 Å². The van der Waals surface area contributed by atoms with Crippen molar-refractivity contribution < 1.29 is 4.79 Å². The van der Waals surface area contributed by atoms with Crippen molar-refractivity contribution in [2.24, 2.45) is 5.92 Å². The minimum atomic E-state index is 0.0537. The van der Waals surface area contributed by atoms with Crippen molar-refractivity contribution in [3.8, 4) is 0 Å². The van der Waals surface area contributed by atoms with E-state index >= 15 is 0 Å². The summed E-state index contributed by atoms with van der Waals surface area (Å²) in [5.74, 6) is 0.910. The van der Waals surface area contributed by atoms with E-state index < -0.39 is 0 Å². The van der Waals surface area contributed by atoms with E-state index in [2.05, 4.69) is 37.6 Å². The van der Waals surface area contributed by atoms with Gasteiger partial charge in [0.1, 0.15) is 5.69 Å². The van der Waals surface area contributed by atoms with E-state index in [1.165, 1.54) is 38.8 Å². The number of aromatic nitrogens is 1. The van der Waals surface area contributed by atoms with Gasteiger partial charge < -0.3 is 14.8 Å². The summed E-state index contributed by atoms with van der Waals surface area (Å²) in [6.07, 6.45) is 6.97. The highest BCUT2D eigenvalue weighted by Crippen LogP contribution is 2.37. The van der Waals surface area contributed by atoms with Crippen LogP contribution in [-0.4, -0.2) is 41.6 Å². The van der Waals surface area contributed by atoms with E-state index in [0.717, 1.165) is 29.2 Å². The zero-order valence-corrected chi connectivity index (χ0v) is 14.2. The molecule has 116 valence electrons. The second-order valence-corrected chi connectivity index (χ2v) is 7.38. The molecule has 3 rings (SSSR count). The van der Waals surface area contributed by atoms with Crippen LogP contribution in [0.25, 0.3) is 0 Å². The van der Waals surface area contributed by atoms with Gasteiger partial charge in [0.05, 0.1) is 0 Å². The van der Waals surface area contributed by atoms with Crippen LogP contribution in [0, 0.1) is 5.92 Å². The number of carbonyl (C=O) groups is 1. The van der Waals surface area contributed by atoms with Crippen LogP contribution < -0.4 is 5.32 Å². The Morgan fingerprint density at radius 3 is 2.71 bits per heavy atom. The molecule has 1 aromatic heterocycles. The Morgan fingerprint density at radius 2 is 2.05 bits per heavy atom. The molecule has 1 aliphatic heterocycles. The molecule has 0 aromatic carbocycles. The Hall–Kier alpha value is -0.810. The molecule has 5 heteroatoms. The maximum atomic E-state index is 12.3. The van der Waals surface area contributed by atoms with Crippen molar-refractivity contribution in [3.63, 3.8) is 0 Å². The van der Waals surface area contributed by atoms with Gasteiger partial charge in [-0.2, -0.15) is 0 Å². The van der Waals surface area contributed by atoms with Gasteiger partial charge in [-0.25, -0.2) is 0 Å². The summed E-state index contributed by atoms with van der Waals surface area (Å²) in [5, 5.41) is 3.07. The first kappa shape index (κ1) is 15.1. The summed E-state index contributed by atoms with van der Waals surface area (Å²) >= 11 is 3.47. The topological polar surface area (TPSA) is 37.3 Å². The van der Waals surface area contributed by atoms with E-state index in [9.17, 15) is 4.79 Å². The van der Waals surface area contributed by atoms with Crippen LogP contribution in [0.4, 0.5) is 0 Å². The molecule has 1 saturated heterocycles. The predicted octanol–water partition coefficient (Wildman–Crippen LogP) is 3.05. The predicted molar refractivity (Wildman–Crippen MR) is 87.6 cm³/mol. The fraction of sp³-hybridized carbons (Fsp3) is 0.688. The fourth-order valence-electron chi connectivity index (χ4n) is 2.99. The Labute approximate surface area is 135 Å². The van der Waals surface area contributed by atoms with Crippen LogP contribution in [0.2, 0.25) is 0 Å². The summed E-state index contributed by atoms with van der Waals surface area (Å²) in [5.41, 5.74) is 0.789. The van der Waals surface area contributed by atoms with Crippen molar-refractivity contribution in [1.82, 2.24) is 14.8 Å². The van der Waals surface area contributed by atoms with E-state index in [0.29, 0.717) is 6.04 Å². The second kappa shape index (κ2) is 6.53. The molecule has 4 nitrogen and oxygen atoms in total. The molecule has 1 amide bonds. The first-order valence-electron chi connectivity index (χ1n) is 8.01. The van der Waals surface area contributed by atoms with Gasteiger partial charge >= 0.3 is 0 Å². The van der Waals surface area contributed by atoms with Crippen LogP contribution in [0.15, 0.2) is 16.7 Å². The quantitative estimate of drug-likeness (QED) is 0.883. The normalized spacial score (nSPS) is 20.7. The van der Waals surface area contributed by atoms with Crippen molar-refractivity contribution in [1.29, 1.82) is 0 Å². The molecular formula is C16H24BrN3O. The molecule has 1 aliphatic carbocycles. The molecule has 0 atom stereocenters. The molecular weight excluding hydrogens is 330 g/mol. The lowest BCUT2D eigenvalue weighted by molar-refractivity contribution is 0.0935. The average Bonchev–Trinajstić information content (AvgIpc) is 3.23. The van der Waals surface area contributed by atoms with Gasteiger partial charge in [0.2, 0.25) is 0 Å². The van der Waals surface area contributed by atoms with Crippen LogP contribution in [0.3, 0.4) is 0 Å². The Bertz CT molecular complexity index is 502. The monoisotopic (exact) mass is 353 g/mol. The van der Waals surface area contributed by atoms with Gasteiger partial charge in [-0.05, 0) is 66.7 Å². The Morgan fingerprint density at radius 1 is 1.33 bits per heavy atom. The number of nitrogens with one attached hydrogen (secondary N) is 1. The largest absolute Gasteiger partial charge is 0.349 e. The summed E-state index contributed by atoms with van der Waals surface area (Å²) in [4.78, 5) is 14.8. The highest BCUT2D eigenvalue weighted by atomic mass is 79.9. The molecule has 1 saturated carbocycles. The van der Waals surface area contributed by atoms with Crippen LogP contribution >= 0.6 is 15.9 Å². The summed E-state index contributed by atoms with van der Waals surface area (Å²) in [6.45, 7) is 6.36. The summed E-state index contributed by atoms with van der Waals surface area (Å²) in [7, 11) is 0. The van der Waals surface area contributed by atoms with E-state index in [1.54, 1.807) is 0 Å². The van der Waals surface area contributed by atoms with Gasteiger partial charge in [0.25, 0.3) is 5.91 Å². The van der Waals surface area contributed by atoms with Gasteiger partial charge in [0, 0.05) is 29.8 Å². The number of nitrogens with zero attached hydrogens (tertiary/aromatic N) is 2. The average molecular weight is 354 g/mol. The standard InChI is InChI=1S/C16H24BrN3O/c1-12-4-7-19(8-5-12)9-6-18-16(21)15-10-13(17)11-20(15)14-2-3-14/h10-12,14H,2-9H2,1H3,(H,18,21). The number of rotatable bonds is 5. The zero-order chi connectivity index (χ0) is 14.8. The Kier molecular flexibility index (Phi) is 4.69. The second-order valence-electron chi connectivity index (χ2n) is 6.46. The lowest BCUT2D eigenvalue weighted by Gasteiger charge is -2.30. The minimum Gasteiger partial charge on any atom is -0.349 e. The van der Waals surface area contributed by atoms with Crippen LogP contribution in [-0.2, 0) is 0 Å². The number of halogens is 1. The van der Waals surface area contributed by atoms with E-state index in [1.807, 2.05) is 12.3 Å². The third-order valence-electron chi connectivity index (χ3n) is 4.58. The number of amides is 1. The van der Waals surface area contributed by atoms with Crippen molar-refractivity contribution >= 4 is 21.8 Å². The number of carbonyl (C=O) groups excluding carboxylic acids is 1. The maximum Gasteiger partial charge on any atom is 0.268 e. The van der Waals surface area contributed by atoms with Gasteiger partial charge in [-0.1, -0.05) is 6.92 Å². The summed E-state index contributed by atoms with van der Waals surface area (Å²) < 4.78 is 3.10. The highest BCUT2D eigenvalue weighted by Gasteiger charge is 2.27. The maximum absolute atomic E-state index is 12.3. The molecule has 0 spiro atoms. The first-order chi connectivity index (χ1) is 10.1. The number of hydrogen-bond donors (Lipinski definition) is 1. The number of piperidine rings is 1. The number of hydrogen-bond acceptors (Lipinski definition) is 2. The lowest BCUT2D eigenvalue weighted by atomic mass is 9.99. The van der Waals surface area contributed by atoms with Crippen molar-refractivity contribution in [2.45, 2.75) is 38.6 Å². The molecule has 0 unspecified atom stereocenters. The van der Waals surface area contributed by atoms with E-state index in [4.69, 9.17) is 0 Å². The van der Waals surface area contributed by atoms with E-state index in [-0.39, 0.29) is 5.91 Å². The lowest BCUT2D eigenvalue weighted by Crippen LogP contribution is -2.39. The summed E-state index contributed by atoms with van der Waals surface area (Å²) in [6, 6.07) is 2.46. The molecule has 0 radical (unpaired) electrons.